The van der Waals surface area contributed by atoms with Crippen molar-refractivity contribution in [3.05, 3.63) is 0 Å². The van der Waals surface area contributed by atoms with Gasteiger partial charge in [-0.25, -0.2) is 0 Å². The molecule has 0 aromatic heterocycles. The van der Waals surface area contributed by atoms with E-state index in [0.29, 0.717) is 19.4 Å². The summed E-state index contributed by atoms with van der Waals surface area (Å²) < 4.78 is 0. The average molecular weight is 204 g/mol. The highest BCUT2D eigenvalue weighted by Gasteiger charge is 2.06. The van der Waals surface area contributed by atoms with Crippen molar-refractivity contribution in [1.29, 1.82) is 0 Å². The van der Waals surface area contributed by atoms with Gasteiger partial charge in [0, 0.05) is 13.0 Å². The van der Waals surface area contributed by atoms with Crippen LogP contribution in [0.3, 0.4) is 0 Å². The molecule has 0 aliphatic carbocycles. The number of unbranched alkanes of at least 4 members (excludes halogenated alkanes) is 2. The smallest absolute Gasteiger partial charge is 0.303 e. The van der Waals surface area contributed by atoms with Crippen LogP contribution in [0.2, 0.25) is 0 Å². The number of aliphatic hydroxyl groups is 1. The molecule has 0 saturated carbocycles. The highest BCUT2D eigenvalue weighted by atomic mass is 16.4. The highest BCUT2D eigenvalue weighted by molar-refractivity contribution is 5.79. The molecule has 6 heteroatoms. The van der Waals surface area contributed by atoms with Crippen molar-refractivity contribution >= 4 is 11.9 Å². The van der Waals surface area contributed by atoms with Gasteiger partial charge in [0.2, 0.25) is 0 Å². The second kappa shape index (κ2) is 7.28. The number of aliphatic hydroxyl groups excluding tert-OH is 1. The summed E-state index contributed by atoms with van der Waals surface area (Å²) in [4.78, 5) is 20.8. The molecule has 0 bridgehead atoms. The predicted octanol–water partition coefficient (Wildman–Crippen LogP) is -0.975. The minimum Gasteiger partial charge on any atom is -0.481 e. The summed E-state index contributed by atoms with van der Waals surface area (Å²) in [6.45, 7) is 0.409. The van der Waals surface area contributed by atoms with Crippen molar-refractivity contribution in [2.75, 3.05) is 6.54 Å². The number of rotatable bonds is 7. The summed E-state index contributed by atoms with van der Waals surface area (Å²) in [7, 11) is 0. The monoisotopic (exact) mass is 204 g/mol. The van der Waals surface area contributed by atoms with E-state index in [4.69, 9.17) is 15.9 Å². The molecule has 1 amide bonds. The summed E-state index contributed by atoms with van der Waals surface area (Å²) in [6.07, 6.45) is 0.678. The van der Waals surface area contributed by atoms with Gasteiger partial charge in [0.1, 0.15) is 0 Å². The zero-order valence-electron chi connectivity index (χ0n) is 7.90. The zero-order valence-corrected chi connectivity index (χ0v) is 7.90. The lowest BCUT2D eigenvalue weighted by atomic mass is 10.2. The second-order valence-electron chi connectivity index (χ2n) is 2.94. The maximum Gasteiger partial charge on any atom is 0.303 e. The number of carboxylic acids is 1. The van der Waals surface area contributed by atoms with Gasteiger partial charge in [-0.15, -0.1) is 0 Å². The van der Waals surface area contributed by atoms with Gasteiger partial charge < -0.3 is 15.5 Å². The van der Waals surface area contributed by atoms with Crippen molar-refractivity contribution in [3.8, 4) is 0 Å². The van der Waals surface area contributed by atoms with Crippen LogP contribution >= 0.6 is 0 Å². The molecular weight excluding hydrogens is 188 g/mol. The fraction of sp³-hybridized carbons (Fsp3) is 0.750. The van der Waals surface area contributed by atoms with Crippen LogP contribution in [0.5, 0.6) is 0 Å². The van der Waals surface area contributed by atoms with Gasteiger partial charge in [-0.05, 0) is 12.8 Å². The summed E-state index contributed by atoms with van der Waals surface area (Å²) in [6, 6.07) is 0. The molecule has 0 heterocycles. The molecular formula is C8H16N2O4. The first-order valence-electron chi connectivity index (χ1n) is 4.47. The molecule has 0 aromatic rings. The predicted molar refractivity (Wildman–Crippen MR) is 49.3 cm³/mol. The number of hydrogen-bond donors (Lipinski definition) is 4. The van der Waals surface area contributed by atoms with Gasteiger partial charge in [-0.3, -0.25) is 15.3 Å². The Labute approximate surface area is 82.1 Å². The van der Waals surface area contributed by atoms with E-state index in [2.05, 4.69) is 5.32 Å². The van der Waals surface area contributed by atoms with Gasteiger partial charge in [0.25, 0.3) is 5.91 Å². The van der Waals surface area contributed by atoms with Crippen LogP contribution in [0, 0.1) is 0 Å². The van der Waals surface area contributed by atoms with E-state index in [1.165, 1.54) is 0 Å². The lowest BCUT2D eigenvalue weighted by Gasteiger charge is -2.05. The third-order valence-electron chi connectivity index (χ3n) is 1.64. The van der Waals surface area contributed by atoms with Crippen LogP contribution < -0.4 is 11.1 Å². The van der Waals surface area contributed by atoms with Crippen molar-refractivity contribution in [1.82, 2.24) is 5.32 Å². The van der Waals surface area contributed by atoms with Crippen molar-refractivity contribution < 1.29 is 19.8 Å². The Morgan fingerprint density at radius 3 is 2.43 bits per heavy atom. The standard InChI is InChI=1S/C8H16N2O4/c9-7(13)8(14)10-5-3-1-2-4-6(11)12/h7,13H,1-5,9H2,(H,10,14)(H,11,12). The lowest BCUT2D eigenvalue weighted by Crippen LogP contribution is -2.40. The largest absolute Gasteiger partial charge is 0.481 e. The SMILES string of the molecule is NC(O)C(=O)NCCCCCC(=O)O. The van der Waals surface area contributed by atoms with E-state index in [0.717, 1.165) is 6.42 Å². The average Bonchev–Trinajstić information content (AvgIpc) is 2.09. The molecule has 6 nitrogen and oxygen atoms in total. The van der Waals surface area contributed by atoms with Crippen LogP contribution in [0.1, 0.15) is 25.7 Å². The topological polar surface area (TPSA) is 113 Å². The first-order chi connectivity index (χ1) is 6.54. The Balaban J connectivity index is 3.22. The van der Waals surface area contributed by atoms with E-state index < -0.39 is 18.1 Å². The van der Waals surface area contributed by atoms with Gasteiger partial charge in [0.15, 0.2) is 6.23 Å². The first kappa shape index (κ1) is 12.9. The number of hydrogen-bond acceptors (Lipinski definition) is 4. The van der Waals surface area contributed by atoms with Crippen LogP contribution in [-0.4, -0.2) is 34.9 Å². The molecule has 0 rings (SSSR count). The molecule has 0 aromatic carbocycles. The normalized spacial score (nSPS) is 12.1. The fourth-order valence-electron chi connectivity index (χ4n) is 0.894. The van der Waals surface area contributed by atoms with Crippen molar-refractivity contribution in [2.24, 2.45) is 5.73 Å². The Hall–Kier alpha value is -1.14. The van der Waals surface area contributed by atoms with Crippen LogP contribution in [0.15, 0.2) is 0 Å². The molecule has 1 unspecified atom stereocenters. The van der Waals surface area contributed by atoms with Gasteiger partial charge in [-0.1, -0.05) is 6.42 Å². The third kappa shape index (κ3) is 7.51. The summed E-state index contributed by atoms with van der Waals surface area (Å²) >= 11 is 0. The van der Waals surface area contributed by atoms with E-state index in [-0.39, 0.29) is 6.42 Å². The Morgan fingerprint density at radius 2 is 1.93 bits per heavy atom. The summed E-state index contributed by atoms with van der Waals surface area (Å²) in [5.74, 6) is -1.42. The quantitative estimate of drug-likeness (QED) is 0.314. The number of carbonyl (C=O) groups excluding carboxylic acids is 1. The Bertz CT molecular complexity index is 194. The molecule has 82 valence electrons. The molecule has 0 saturated heterocycles. The number of nitrogens with one attached hydrogen (secondary N) is 1. The summed E-state index contributed by atoms with van der Waals surface area (Å²) in [5, 5.41) is 19.3. The van der Waals surface area contributed by atoms with E-state index in [9.17, 15) is 9.59 Å². The van der Waals surface area contributed by atoms with Gasteiger partial charge in [0.05, 0.1) is 0 Å². The number of amides is 1. The second-order valence-corrected chi connectivity index (χ2v) is 2.94. The van der Waals surface area contributed by atoms with E-state index in [1.54, 1.807) is 0 Å². The molecule has 1 atom stereocenters. The van der Waals surface area contributed by atoms with Crippen LogP contribution in [0.4, 0.5) is 0 Å². The zero-order chi connectivity index (χ0) is 11.0. The third-order valence-corrected chi connectivity index (χ3v) is 1.64. The Kier molecular flexibility index (Phi) is 6.69. The first-order valence-corrected chi connectivity index (χ1v) is 4.47. The van der Waals surface area contributed by atoms with E-state index >= 15 is 0 Å². The van der Waals surface area contributed by atoms with Crippen LogP contribution in [-0.2, 0) is 9.59 Å². The van der Waals surface area contributed by atoms with Crippen LogP contribution in [0.25, 0.3) is 0 Å². The summed E-state index contributed by atoms with van der Waals surface area (Å²) in [5.41, 5.74) is 4.88. The maximum absolute atomic E-state index is 10.7. The lowest BCUT2D eigenvalue weighted by molar-refractivity contribution is -0.137. The molecule has 0 aliphatic rings. The fourth-order valence-corrected chi connectivity index (χ4v) is 0.894. The molecule has 0 radical (unpaired) electrons. The van der Waals surface area contributed by atoms with Crippen molar-refractivity contribution in [3.63, 3.8) is 0 Å². The van der Waals surface area contributed by atoms with Crippen molar-refractivity contribution in [2.45, 2.75) is 31.9 Å². The minimum absolute atomic E-state index is 0.146. The molecule has 14 heavy (non-hydrogen) atoms. The van der Waals surface area contributed by atoms with Gasteiger partial charge in [-0.2, -0.15) is 0 Å². The molecule has 0 aliphatic heterocycles. The minimum atomic E-state index is -1.48. The molecule has 5 N–H and O–H groups in total. The Morgan fingerprint density at radius 1 is 1.29 bits per heavy atom. The number of carboxylic acid groups (broad SMARTS) is 1. The number of carbonyl (C=O) groups is 2. The number of aliphatic carboxylic acids is 1. The molecule has 0 fully saturated rings. The van der Waals surface area contributed by atoms with Gasteiger partial charge >= 0.3 is 5.97 Å². The number of nitrogens with two attached hydrogens (primary N) is 1. The van der Waals surface area contributed by atoms with E-state index in [1.807, 2.05) is 0 Å². The maximum atomic E-state index is 10.7. The molecule has 0 spiro atoms. The highest BCUT2D eigenvalue weighted by Crippen LogP contribution is 1.98.